The summed E-state index contributed by atoms with van der Waals surface area (Å²) in [5.41, 5.74) is 3.79. The lowest BCUT2D eigenvalue weighted by Gasteiger charge is -2.14. The van der Waals surface area contributed by atoms with Crippen LogP contribution in [-0.2, 0) is 6.61 Å². The molecule has 0 heterocycles. The van der Waals surface area contributed by atoms with Crippen molar-refractivity contribution in [1.29, 1.82) is 0 Å². The Bertz CT molecular complexity index is 685. The molecule has 0 aliphatic heterocycles. The van der Waals surface area contributed by atoms with Crippen LogP contribution in [0.15, 0.2) is 36.4 Å². The molecule has 2 rings (SSSR count). The summed E-state index contributed by atoms with van der Waals surface area (Å²) in [5, 5.41) is 3.13. The van der Waals surface area contributed by atoms with Crippen molar-refractivity contribution >= 4 is 22.9 Å². The molecule has 2 nitrogen and oxygen atoms in total. The lowest BCUT2D eigenvalue weighted by Crippen LogP contribution is -2.10. The zero-order valence-electron chi connectivity index (χ0n) is 13.1. The Balaban J connectivity index is 2.17. The van der Waals surface area contributed by atoms with E-state index in [9.17, 15) is 4.39 Å². The van der Waals surface area contributed by atoms with Gasteiger partial charge in [-0.2, -0.15) is 0 Å². The first-order chi connectivity index (χ1) is 10.5. The molecule has 0 saturated heterocycles. The van der Waals surface area contributed by atoms with Crippen LogP contribution in [0.2, 0.25) is 0 Å². The van der Waals surface area contributed by atoms with E-state index in [0.29, 0.717) is 0 Å². The van der Waals surface area contributed by atoms with Crippen molar-refractivity contribution in [2.45, 2.75) is 33.8 Å². The number of anilines is 1. The summed E-state index contributed by atoms with van der Waals surface area (Å²) < 4.78 is 19.3. The summed E-state index contributed by atoms with van der Waals surface area (Å²) in [5.74, 6) is 0.520. The minimum Gasteiger partial charge on any atom is -0.489 e. The second-order valence-corrected chi connectivity index (χ2v) is 5.75. The van der Waals surface area contributed by atoms with Crippen LogP contribution in [0.25, 0.3) is 0 Å². The minimum atomic E-state index is -0.285. The standard InChI is InChI=1S/C18H20FNOS/c1-4-18(22)20-16-7-6-15(19)10-14(16)11-21-17-8-5-12(2)9-13(17)3/h5-10H,4,11H2,1-3H3,(H,20,22). The molecule has 2 aromatic carbocycles. The van der Waals surface area contributed by atoms with E-state index in [2.05, 4.69) is 11.4 Å². The number of ether oxygens (including phenoxy) is 1. The molecule has 0 aromatic heterocycles. The van der Waals surface area contributed by atoms with Gasteiger partial charge in [-0.1, -0.05) is 36.8 Å². The van der Waals surface area contributed by atoms with Gasteiger partial charge >= 0.3 is 0 Å². The van der Waals surface area contributed by atoms with Crippen LogP contribution >= 0.6 is 12.2 Å². The first-order valence-corrected chi connectivity index (χ1v) is 7.68. The highest BCUT2D eigenvalue weighted by Crippen LogP contribution is 2.23. The van der Waals surface area contributed by atoms with Gasteiger partial charge < -0.3 is 10.1 Å². The van der Waals surface area contributed by atoms with Crippen LogP contribution in [0.1, 0.15) is 30.0 Å². The third-order valence-electron chi connectivity index (χ3n) is 3.38. The largest absolute Gasteiger partial charge is 0.489 e. The Morgan fingerprint density at radius 2 is 1.95 bits per heavy atom. The van der Waals surface area contributed by atoms with Crippen molar-refractivity contribution in [2.75, 3.05) is 5.32 Å². The average Bonchev–Trinajstić information content (AvgIpc) is 2.48. The lowest BCUT2D eigenvalue weighted by molar-refractivity contribution is 0.304. The monoisotopic (exact) mass is 317 g/mol. The molecule has 2 aromatic rings. The molecule has 0 aliphatic carbocycles. The Labute approximate surface area is 136 Å². The summed E-state index contributed by atoms with van der Waals surface area (Å²) in [6.07, 6.45) is 0.740. The SMILES string of the molecule is CCC(=S)Nc1ccc(F)cc1COc1ccc(C)cc1C. The fourth-order valence-corrected chi connectivity index (χ4v) is 2.27. The number of hydrogen-bond donors (Lipinski definition) is 1. The van der Waals surface area contributed by atoms with Gasteiger partial charge in [0, 0.05) is 11.3 Å². The molecule has 22 heavy (non-hydrogen) atoms. The normalized spacial score (nSPS) is 10.4. The number of hydrogen-bond acceptors (Lipinski definition) is 2. The quantitative estimate of drug-likeness (QED) is 0.769. The molecule has 0 bridgehead atoms. The summed E-state index contributed by atoms with van der Waals surface area (Å²) >= 11 is 5.20. The highest BCUT2D eigenvalue weighted by atomic mass is 32.1. The van der Waals surface area contributed by atoms with Crippen molar-refractivity contribution in [1.82, 2.24) is 0 Å². The molecule has 0 amide bonds. The van der Waals surface area contributed by atoms with Gasteiger partial charge in [-0.25, -0.2) is 4.39 Å². The Hall–Kier alpha value is -1.94. The average molecular weight is 317 g/mol. The van der Waals surface area contributed by atoms with Gasteiger partial charge in [-0.15, -0.1) is 0 Å². The van der Waals surface area contributed by atoms with Crippen molar-refractivity contribution in [3.8, 4) is 5.75 Å². The van der Waals surface area contributed by atoms with E-state index in [-0.39, 0.29) is 12.4 Å². The second-order valence-electron chi connectivity index (χ2n) is 5.26. The predicted molar refractivity (Wildman–Crippen MR) is 93.2 cm³/mol. The molecule has 0 saturated carbocycles. The molecule has 116 valence electrons. The molecule has 4 heteroatoms. The summed E-state index contributed by atoms with van der Waals surface area (Å²) in [6, 6.07) is 10.6. The van der Waals surface area contributed by atoms with Crippen LogP contribution in [-0.4, -0.2) is 4.99 Å². The molecular formula is C18H20FNOS. The maximum Gasteiger partial charge on any atom is 0.123 e. The minimum absolute atomic E-state index is 0.285. The number of aryl methyl sites for hydroxylation is 2. The van der Waals surface area contributed by atoms with Crippen LogP contribution in [0.4, 0.5) is 10.1 Å². The molecular weight excluding hydrogens is 297 g/mol. The first-order valence-electron chi connectivity index (χ1n) is 7.28. The zero-order chi connectivity index (χ0) is 16.1. The van der Waals surface area contributed by atoms with E-state index in [1.54, 1.807) is 6.07 Å². The van der Waals surface area contributed by atoms with Crippen molar-refractivity contribution < 1.29 is 9.13 Å². The fourth-order valence-electron chi connectivity index (χ4n) is 2.16. The molecule has 0 atom stereocenters. The van der Waals surface area contributed by atoms with E-state index in [1.165, 1.54) is 17.7 Å². The Morgan fingerprint density at radius 1 is 1.18 bits per heavy atom. The fraction of sp³-hybridized carbons (Fsp3) is 0.278. The van der Waals surface area contributed by atoms with E-state index < -0.39 is 0 Å². The van der Waals surface area contributed by atoms with E-state index in [1.807, 2.05) is 32.9 Å². The number of nitrogens with one attached hydrogen (secondary N) is 1. The van der Waals surface area contributed by atoms with Crippen molar-refractivity contribution in [3.05, 3.63) is 58.9 Å². The highest BCUT2D eigenvalue weighted by molar-refractivity contribution is 7.80. The Kier molecular flexibility index (Phi) is 5.50. The van der Waals surface area contributed by atoms with Gasteiger partial charge in [0.15, 0.2) is 0 Å². The van der Waals surface area contributed by atoms with Gasteiger partial charge in [0.25, 0.3) is 0 Å². The van der Waals surface area contributed by atoms with Crippen molar-refractivity contribution in [3.63, 3.8) is 0 Å². The highest BCUT2D eigenvalue weighted by Gasteiger charge is 2.08. The van der Waals surface area contributed by atoms with Crippen LogP contribution in [0.3, 0.4) is 0 Å². The van der Waals surface area contributed by atoms with Crippen LogP contribution in [0, 0.1) is 19.7 Å². The number of thiocarbonyl (C=S) groups is 1. The van der Waals surface area contributed by atoms with Gasteiger partial charge in [0.2, 0.25) is 0 Å². The van der Waals surface area contributed by atoms with E-state index >= 15 is 0 Å². The zero-order valence-corrected chi connectivity index (χ0v) is 13.9. The maximum absolute atomic E-state index is 13.5. The first kappa shape index (κ1) is 16.4. The lowest BCUT2D eigenvalue weighted by atomic mass is 10.1. The van der Waals surface area contributed by atoms with Crippen molar-refractivity contribution in [2.24, 2.45) is 0 Å². The molecule has 1 N–H and O–H groups in total. The topological polar surface area (TPSA) is 21.3 Å². The number of benzene rings is 2. The molecule has 0 unspecified atom stereocenters. The van der Waals surface area contributed by atoms with Gasteiger partial charge in [-0.3, -0.25) is 0 Å². The smallest absolute Gasteiger partial charge is 0.123 e. The van der Waals surface area contributed by atoms with Crippen LogP contribution in [0.5, 0.6) is 5.75 Å². The Morgan fingerprint density at radius 3 is 2.64 bits per heavy atom. The predicted octanol–water partition coefficient (Wildman–Crippen LogP) is 5.17. The van der Waals surface area contributed by atoms with Gasteiger partial charge in [-0.05, 0) is 50.1 Å². The van der Waals surface area contributed by atoms with E-state index in [4.69, 9.17) is 17.0 Å². The molecule has 0 fully saturated rings. The summed E-state index contributed by atoms with van der Waals surface area (Å²) in [4.78, 5) is 0.722. The third-order valence-corrected chi connectivity index (χ3v) is 3.77. The summed E-state index contributed by atoms with van der Waals surface area (Å²) in [7, 11) is 0. The van der Waals surface area contributed by atoms with Gasteiger partial charge in [0.1, 0.15) is 18.2 Å². The third kappa shape index (κ3) is 4.28. The number of rotatable bonds is 5. The second kappa shape index (κ2) is 7.36. The number of halogens is 1. The molecule has 0 aliphatic rings. The summed E-state index contributed by atoms with van der Waals surface area (Å²) in [6.45, 7) is 6.30. The van der Waals surface area contributed by atoms with Crippen LogP contribution < -0.4 is 10.1 Å². The van der Waals surface area contributed by atoms with Gasteiger partial charge in [0.05, 0.1) is 4.99 Å². The maximum atomic E-state index is 13.5. The molecule has 0 radical (unpaired) electrons. The molecule has 0 spiro atoms. The van der Waals surface area contributed by atoms with E-state index in [0.717, 1.165) is 34.0 Å².